The van der Waals surface area contributed by atoms with Gasteiger partial charge in [-0.2, -0.15) is 10.5 Å². The monoisotopic (exact) mass is 636 g/mol. The molecule has 20 heavy (non-hydrogen) atoms. The van der Waals surface area contributed by atoms with E-state index in [1.165, 1.54) is 26.8 Å². The molecule has 0 bridgehead atoms. The van der Waals surface area contributed by atoms with Crippen LogP contribution in [0.4, 0.5) is 0 Å². The van der Waals surface area contributed by atoms with Crippen molar-refractivity contribution in [3.8, 4) is 12.1 Å². The van der Waals surface area contributed by atoms with Crippen molar-refractivity contribution in [1.82, 2.24) is 0 Å². The molecule has 4 nitrogen and oxygen atoms in total. The Morgan fingerprint density at radius 1 is 1.15 bits per heavy atom. The van der Waals surface area contributed by atoms with Gasteiger partial charge in [0.05, 0.1) is 18.6 Å². The first-order chi connectivity index (χ1) is 9.00. The Morgan fingerprint density at radius 2 is 1.45 bits per heavy atom. The highest BCUT2D eigenvalue weighted by molar-refractivity contribution is 14.3. The number of halogens is 4. The van der Waals surface area contributed by atoms with Gasteiger partial charge in [-0.1, -0.05) is 79.4 Å². The van der Waals surface area contributed by atoms with E-state index in [-0.39, 0.29) is 18.0 Å². The van der Waals surface area contributed by atoms with Crippen LogP contribution < -0.4 is 0 Å². The van der Waals surface area contributed by atoms with Crippen LogP contribution in [0.1, 0.15) is 34.1 Å². The van der Waals surface area contributed by atoms with Gasteiger partial charge in [-0.3, -0.25) is 4.79 Å². The lowest BCUT2D eigenvalue weighted by atomic mass is 10.3. The number of alkyl halides is 3. The van der Waals surface area contributed by atoms with Crippen molar-refractivity contribution in [2.45, 2.75) is 34.1 Å². The summed E-state index contributed by atoms with van der Waals surface area (Å²) >= 11 is 12.2. The summed E-state index contributed by atoms with van der Waals surface area (Å²) < 4.78 is 0.743. The van der Waals surface area contributed by atoms with Crippen LogP contribution in [-0.4, -0.2) is 11.5 Å². The molecule has 0 aromatic rings. The molecule has 0 N–H and O–H groups in total. The van der Waals surface area contributed by atoms with Gasteiger partial charge in [0.25, 0.3) is 0 Å². The predicted molar refractivity (Wildman–Crippen MR) is 108 cm³/mol. The molecule has 0 saturated heterocycles. The molecule has 0 aliphatic rings. The van der Waals surface area contributed by atoms with Gasteiger partial charge < -0.3 is 4.79 Å². The number of allylic oxidation sites excluding steroid dienone is 2. The largest absolute Gasteiger partial charge is 0.300 e. The molecule has 0 aliphatic heterocycles. The van der Waals surface area contributed by atoms with E-state index in [0.29, 0.717) is 5.03 Å². The summed E-state index contributed by atoms with van der Waals surface area (Å²) in [6, 6.07) is 3.49. The van der Waals surface area contributed by atoms with E-state index < -0.39 is 0 Å². The molecule has 114 valence electrons. The van der Waals surface area contributed by atoms with E-state index in [1.807, 2.05) is 0 Å². The second-order valence-electron chi connectivity index (χ2n) is 3.05. The zero-order valence-electron chi connectivity index (χ0n) is 11.6. The van der Waals surface area contributed by atoms with Gasteiger partial charge >= 0.3 is 0 Å². The zero-order valence-corrected chi connectivity index (χ0v) is 18.8. The zero-order chi connectivity index (χ0) is 17.1. The minimum Gasteiger partial charge on any atom is -0.300 e. The lowest BCUT2D eigenvalue weighted by Crippen LogP contribution is -1.82. The third-order valence-electron chi connectivity index (χ3n) is 0.591. The number of hydrogen-bond acceptors (Lipinski definition) is 4. The molecule has 0 fully saturated rings. The normalized spacial score (nSPS) is 8.25. The summed E-state index contributed by atoms with van der Waals surface area (Å²) in [5.41, 5.74) is 0. The molecule has 0 spiro atoms. The predicted octanol–water partition coefficient (Wildman–Crippen LogP) is 5.31. The van der Waals surface area contributed by atoms with Gasteiger partial charge in [-0.25, -0.2) is 0 Å². The molecule has 8 heteroatoms. The SMILES string of the molecule is C/C(Cl)=C/C#N.CC(=O)CC#N.CC(C)=O.IC(I)I. The van der Waals surface area contributed by atoms with E-state index in [9.17, 15) is 9.59 Å². The van der Waals surface area contributed by atoms with Crippen molar-refractivity contribution >= 4 is 90.9 Å². The topological polar surface area (TPSA) is 81.7 Å². The van der Waals surface area contributed by atoms with Crippen molar-refractivity contribution in [3.63, 3.8) is 0 Å². The number of nitrogens with zero attached hydrogens (tertiary/aromatic N) is 2. The third kappa shape index (κ3) is 133. The van der Waals surface area contributed by atoms with Crippen LogP contribution in [0.2, 0.25) is 0 Å². The Balaban J connectivity index is -0.0000000871. The Hall–Kier alpha value is 0.540. The number of carbonyl (C=O) groups is 2. The van der Waals surface area contributed by atoms with Gasteiger partial charge in [-0.15, -0.1) is 0 Å². The summed E-state index contributed by atoms with van der Waals surface area (Å²) in [6.07, 6.45) is 1.32. The van der Waals surface area contributed by atoms with Crippen LogP contribution in [0.3, 0.4) is 0 Å². The summed E-state index contributed by atoms with van der Waals surface area (Å²) in [4.78, 5) is 19.3. The van der Waals surface area contributed by atoms with Crippen LogP contribution in [0, 0.1) is 22.7 Å². The molecule has 0 amide bonds. The number of carbonyl (C=O) groups excluding carboxylic acids is 2. The molecule has 0 aliphatic carbocycles. The summed E-state index contributed by atoms with van der Waals surface area (Å²) in [5, 5.41) is 16.1. The highest BCUT2D eigenvalue weighted by atomic mass is 127. The lowest BCUT2D eigenvalue weighted by molar-refractivity contribution is -0.116. The highest BCUT2D eigenvalue weighted by Crippen LogP contribution is 2.16. The fourth-order valence-electron chi connectivity index (χ4n) is 0.200. The standard InChI is InChI=1S/C4H4ClN.C4H5NO.C3H6O.CHI3/c1-4(5)2-3-6;1-4(6)2-3-5;1-3(2)4;2-1(3)4/h2H,1H3;2H2,1H3;1-2H3;1H/b4-2-;;;. The maximum Gasteiger partial charge on any atom is 0.143 e. The Morgan fingerprint density at radius 3 is 1.45 bits per heavy atom. The molecule has 0 rings (SSSR count). The van der Waals surface area contributed by atoms with Crippen molar-refractivity contribution in [3.05, 3.63) is 11.1 Å². The number of nitriles is 2. The van der Waals surface area contributed by atoms with E-state index in [1.54, 1.807) is 19.1 Å². The molecular weight excluding hydrogens is 620 g/mol. The summed E-state index contributed by atoms with van der Waals surface area (Å²) in [5.74, 6) is 0.0949. The van der Waals surface area contributed by atoms with E-state index in [4.69, 9.17) is 22.1 Å². The van der Waals surface area contributed by atoms with Gasteiger partial charge in [-0.05, 0) is 27.7 Å². The minimum atomic E-state index is -0.0718. The Labute approximate surface area is 166 Å². The van der Waals surface area contributed by atoms with Crippen LogP contribution in [0.25, 0.3) is 0 Å². The van der Waals surface area contributed by atoms with Crippen molar-refractivity contribution in [1.29, 1.82) is 10.5 Å². The average molecular weight is 636 g/mol. The van der Waals surface area contributed by atoms with Gasteiger partial charge in [0.2, 0.25) is 0 Å². The molecule has 0 atom stereocenters. The van der Waals surface area contributed by atoms with Gasteiger partial charge in [0.15, 0.2) is 0 Å². The van der Waals surface area contributed by atoms with Crippen LogP contribution in [0.15, 0.2) is 11.1 Å². The van der Waals surface area contributed by atoms with Crippen LogP contribution in [0.5, 0.6) is 0 Å². The number of hydrogen-bond donors (Lipinski definition) is 0. The quantitative estimate of drug-likeness (QED) is 0.222. The maximum atomic E-state index is 9.82. The minimum absolute atomic E-state index is 0.0417. The average Bonchev–Trinajstić information content (AvgIpc) is 2.15. The fourth-order valence-corrected chi connectivity index (χ4v) is 0.249. The Kier molecular flexibility index (Phi) is 35.2. The van der Waals surface area contributed by atoms with E-state index >= 15 is 0 Å². The van der Waals surface area contributed by atoms with Gasteiger partial charge in [0, 0.05) is 11.1 Å². The van der Waals surface area contributed by atoms with Crippen LogP contribution >= 0.6 is 79.4 Å². The summed E-state index contributed by atoms with van der Waals surface area (Å²) in [6.45, 7) is 6.11. The fraction of sp³-hybridized carbons (Fsp3) is 0.500. The molecule has 0 saturated carbocycles. The van der Waals surface area contributed by atoms with Crippen LogP contribution in [-0.2, 0) is 9.59 Å². The first kappa shape index (κ1) is 28.7. The Bertz CT molecular complexity index is 361. The maximum absolute atomic E-state index is 9.82. The molecule has 0 aromatic carbocycles. The molecule has 0 radical (unpaired) electrons. The first-order valence-corrected chi connectivity index (χ1v) is 9.10. The molecule has 0 heterocycles. The molecular formula is C12H16ClI3N2O2. The van der Waals surface area contributed by atoms with Crippen molar-refractivity contribution in [2.24, 2.45) is 0 Å². The van der Waals surface area contributed by atoms with E-state index in [0.717, 1.165) is -0.0619 Å². The van der Waals surface area contributed by atoms with Gasteiger partial charge in [0.1, 0.15) is 11.5 Å². The third-order valence-corrected chi connectivity index (χ3v) is 0.701. The highest BCUT2D eigenvalue weighted by Gasteiger charge is 1.83. The number of Topliss-reactive ketones (excluding diaryl/α,β-unsaturated/α-hetero) is 2. The number of rotatable bonds is 1. The van der Waals surface area contributed by atoms with E-state index in [2.05, 4.69) is 67.8 Å². The second kappa shape index (κ2) is 24.6. The van der Waals surface area contributed by atoms with Crippen molar-refractivity contribution in [2.75, 3.05) is 0 Å². The van der Waals surface area contributed by atoms with Crippen molar-refractivity contribution < 1.29 is 9.59 Å². The second-order valence-corrected chi connectivity index (χ2v) is 14.5. The molecule has 0 unspecified atom stereocenters. The first-order valence-electron chi connectivity index (χ1n) is 4.98. The summed E-state index contributed by atoms with van der Waals surface area (Å²) in [7, 11) is 0. The lowest BCUT2D eigenvalue weighted by Gasteiger charge is -1.71. The smallest absolute Gasteiger partial charge is 0.143 e. The molecule has 0 aromatic heterocycles. The number of ketones is 2.